The number of aromatic amines is 1. The van der Waals surface area contributed by atoms with E-state index in [-0.39, 0.29) is 16.7 Å². The SMILES string of the molecule is CCN(C(=O)C1CCN(S(=O)(=O)c2c(C)n[nH]c2C)CC1)c1ccccc1. The summed E-state index contributed by atoms with van der Waals surface area (Å²) in [6.07, 6.45) is 1.05. The predicted molar refractivity (Wildman–Crippen MR) is 104 cm³/mol. The van der Waals surface area contributed by atoms with E-state index in [0.717, 1.165) is 5.69 Å². The Morgan fingerprint density at radius 3 is 2.37 bits per heavy atom. The topological polar surface area (TPSA) is 86.4 Å². The van der Waals surface area contributed by atoms with Crippen molar-refractivity contribution in [2.75, 3.05) is 24.5 Å². The predicted octanol–water partition coefficient (Wildman–Crippen LogP) is 2.48. The van der Waals surface area contributed by atoms with Crippen LogP contribution >= 0.6 is 0 Å². The van der Waals surface area contributed by atoms with E-state index in [1.807, 2.05) is 37.3 Å². The van der Waals surface area contributed by atoms with Gasteiger partial charge >= 0.3 is 0 Å². The Kier molecular flexibility index (Phi) is 5.67. The number of piperidine rings is 1. The molecule has 0 bridgehead atoms. The number of benzene rings is 1. The number of hydrogen-bond acceptors (Lipinski definition) is 4. The van der Waals surface area contributed by atoms with Crippen molar-refractivity contribution < 1.29 is 13.2 Å². The molecule has 1 saturated heterocycles. The second kappa shape index (κ2) is 7.82. The maximum absolute atomic E-state index is 13.0. The van der Waals surface area contributed by atoms with Gasteiger partial charge in [-0.1, -0.05) is 18.2 Å². The van der Waals surface area contributed by atoms with Gasteiger partial charge in [-0.25, -0.2) is 8.42 Å². The van der Waals surface area contributed by atoms with Crippen molar-refractivity contribution in [3.63, 3.8) is 0 Å². The van der Waals surface area contributed by atoms with Crippen LogP contribution in [0.1, 0.15) is 31.2 Å². The Balaban J connectivity index is 1.71. The van der Waals surface area contributed by atoms with Crippen LogP contribution in [0.3, 0.4) is 0 Å². The van der Waals surface area contributed by atoms with Crippen molar-refractivity contribution in [3.05, 3.63) is 41.7 Å². The second-order valence-electron chi connectivity index (χ2n) is 6.86. The molecular formula is C19H26N4O3S. The number of nitrogens with zero attached hydrogens (tertiary/aromatic N) is 3. The average molecular weight is 391 g/mol. The number of amides is 1. The lowest BCUT2D eigenvalue weighted by Gasteiger charge is -2.33. The minimum atomic E-state index is -3.59. The largest absolute Gasteiger partial charge is 0.312 e. The zero-order valence-corrected chi connectivity index (χ0v) is 16.8. The van der Waals surface area contributed by atoms with Gasteiger partial charge < -0.3 is 4.90 Å². The molecule has 2 aromatic rings. The Bertz CT molecular complexity index is 881. The number of hydrogen-bond donors (Lipinski definition) is 1. The highest BCUT2D eigenvalue weighted by Crippen LogP contribution is 2.28. The molecule has 27 heavy (non-hydrogen) atoms. The molecule has 0 spiro atoms. The van der Waals surface area contributed by atoms with Gasteiger partial charge in [-0.2, -0.15) is 9.40 Å². The van der Waals surface area contributed by atoms with E-state index in [2.05, 4.69) is 10.2 Å². The maximum Gasteiger partial charge on any atom is 0.246 e. The fourth-order valence-corrected chi connectivity index (χ4v) is 5.49. The number of aryl methyl sites for hydroxylation is 2. The number of rotatable bonds is 5. The molecule has 3 rings (SSSR count). The average Bonchev–Trinajstić information content (AvgIpc) is 3.02. The van der Waals surface area contributed by atoms with Crippen molar-refractivity contribution >= 4 is 21.6 Å². The molecule has 1 N–H and O–H groups in total. The third kappa shape index (κ3) is 3.77. The lowest BCUT2D eigenvalue weighted by atomic mass is 9.96. The summed E-state index contributed by atoms with van der Waals surface area (Å²) in [5.74, 6) is -0.0976. The molecule has 146 valence electrons. The Morgan fingerprint density at radius 1 is 1.22 bits per heavy atom. The molecule has 0 radical (unpaired) electrons. The molecule has 2 heterocycles. The van der Waals surface area contributed by atoms with Gasteiger partial charge in [0.15, 0.2) is 0 Å². The van der Waals surface area contributed by atoms with Crippen LogP contribution in [0.4, 0.5) is 5.69 Å². The van der Waals surface area contributed by atoms with Gasteiger partial charge in [0.1, 0.15) is 4.90 Å². The van der Waals surface area contributed by atoms with Gasteiger partial charge in [0, 0.05) is 31.2 Å². The first-order valence-electron chi connectivity index (χ1n) is 9.24. The first-order valence-corrected chi connectivity index (χ1v) is 10.7. The molecule has 1 aliphatic heterocycles. The monoisotopic (exact) mass is 390 g/mol. The third-order valence-corrected chi connectivity index (χ3v) is 7.27. The molecule has 1 fully saturated rings. The number of aromatic nitrogens is 2. The van der Waals surface area contributed by atoms with Crippen LogP contribution in [0, 0.1) is 19.8 Å². The zero-order valence-electron chi connectivity index (χ0n) is 16.0. The van der Waals surface area contributed by atoms with Crippen LogP contribution in [-0.4, -0.2) is 48.5 Å². The molecule has 0 unspecified atom stereocenters. The fraction of sp³-hybridized carbons (Fsp3) is 0.474. The van der Waals surface area contributed by atoms with E-state index in [1.165, 1.54) is 4.31 Å². The van der Waals surface area contributed by atoms with Gasteiger partial charge in [0.2, 0.25) is 15.9 Å². The van der Waals surface area contributed by atoms with E-state index >= 15 is 0 Å². The molecule has 7 nitrogen and oxygen atoms in total. The smallest absolute Gasteiger partial charge is 0.246 e. The van der Waals surface area contributed by atoms with Crippen molar-refractivity contribution in [2.45, 2.75) is 38.5 Å². The number of anilines is 1. The molecule has 1 aromatic heterocycles. The van der Waals surface area contributed by atoms with Crippen LogP contribution in [0.5, 0.6) is 0 Å². The molecule has 0 saturated carbocycles. The van der Waals surface area contributed by atoms with Crippen LogP contribution in [0.2, 0.25) is 0 Å². The van der Waals surface area contributed by atoms with Gasteiger partial charge in [-0.05, 0) is 45.7 Å². The number of sulfonamides is 1. The highest BCUT2D eigenvalue weighted by molar-refractivity contribution is 7.89. The van der Waals surface area contributed by atoms with E-state index in [9.17, 15) is 13.2 Å². The molecule has 1 aliphatic rings. The van der Waals surface area contributed by atoms with Crippen molar-refractivity contribution in [1.29, 1.82) is 0 Å². The lowest BCUT2D eigenvalue weighted by Crippen LogP contribution is -2.44. The summed E-state index contributed by atoms with van der Waals surface area (Å²) in [6.45, 7) is 6.63. The number of H-pyrrole nitrogens is 1. The Hall–Kier alpha value is -2.19. The van der Waals surface area contributed by atoms with Gasteiger partial charge in [0.05, 0.1) is 11.4 Å². The summed E-state index contributed by atoms with van der Waals surface area (Å²) in [7, 11) is -3.59. The van der Waals surface area contributed by atoms with Crippen LogP contribution < -0.4 is 4.90 Å². The standard InChI is InChI=1S/C19H26N4O3S/c1-4-23(17-8-6-5-7-9-17)19(24)16-10-12-22(13-11-16)27(25,26)18-14(2)20-21-15(18)3/h5-9,16H,4,10-13H2,1-3H3,(H,20,21). The molecular weight excluding hydrogens is 364 g/mol. The number of carbonyl (C=O) groups excluding carboxylic acids is 1. The number of carbonyl (C=O) groups is 1. The fourth-order valence-electron chi connectivity index (χ4n) is 3.69. The highest BCUT2D eigenvalue weighted by atomic mass is 32.2. The van der Waals surface area contributed by atoms with E-state index in [0.29, 0.717) is 43.9 Å². The van der Waals surface area contributed by atoms with Crippen LogP contribution in [0.25, 0.3) is 0 Å². The van der Waals surface area contributed by atoms with Crippen LogP contribution in [-0.2, 0) is 14.8 Å². The summed E-state index contributed by atoms with van der Waals surface area (Å²) >= 11 is 0. The van der Waals surface area contributed by atoms with Crippen molar-refractivity contribution in [2.24, 2.45) is 5.92 Å². The van der Waals surface area contributed by atoms with Crippen LogP contribution in [0.15, 0.2) is 35.2 Å². The second-order valence-corrected chi connectivity index (χ2v) is 8.73. The molecule has 1 aromatic carbocycles. The number of nitrogens with one attached hydrogen (secondary N) is 1. The number of para-hydroxylation sites is 1. The summed E-state index contributed by atoms with van der Waals surface area (Å²) < 4.78 is 27.4. The van der Waals surface area contributed by atoms with Gasteiger partial charge in [-0.3, -0.25) is 9.89 Å². The quantitative estimate of drug-likeness (QED) is 0.850. The molecule has 8 heteroatoms. The Labute approximate surface area is 160 Å². The molecule has 1 amide bonds. The van der Waals surface area contributed by atoms with E-state index < -0.39 is 10.0 Å². The van der Waals surface area contributed by atoms with Gasteiger partial charge in [-0.15, -0.1) is 0 Å². The van der Waals surface area contributed by atoms with E-state index in [1.54, 1.807) is 18.7 Å². The lowest BCUT2D eigenvalue weighted by molar-refractivity contribution is -0.123. The van der Waals surface area contributed by atoms with Crippen molar-refractivity contribution in [3.8, 4) is 0 Å². The first-order chi connectivity index (χ1) is 12.9. The minimum absolute atomic E-state index is 0.0661. The Morgan fingerprint density at radius 2 is 1.85 bits per heavy atom. The summed E-state index contributed by atoms with van der Waals surface area (Å²) in [5, 5.41) is 6.73. The normalized spacial score (nSPS) is 16.4. The van der Waals surface area contributed by atoms with Gasteiger partial charge in [0.25, 0.3) is 0 Å². The minimum Gasteiger partial charge on any atom is -0.312 e. The highest BCUT2D eigenvalue weighted by Gasteiger charge is 2.35. The summed E-state index contributed by atoms with van der Waals surface area (Å²) in [5.41, 5.74) is 1.91. The summed E-state index contributed by atoms with van der Waals surface area (Å²) in [6, 6.07) is 9.59. The van der Waals surface area contributed by atoms with E-state index in [4.69, 9.17) is 0 Å². The molecule has 0 aliphatic carbocycles. The third-order valence-electron chi connectivity index (χ3n) is 5.11. The first kappa shape index (κ1) is 19.6. The molecule has 0 atom stereocenters. The maximum atomic E-state index is 13.0. The zero-order chi connectivity index (χ0) is 19.6. The van der Waals surface area contributed by atoms with Crippen molar-refractivity contribution in [1.82, 2.24) is 14.5 Å². The summed E-state index contributed by atoms with van der Waals surface area (Å²) in [4.78, 5) is 15.0.